The summed E-state index contributed by atoms with van der Waals surface area (Å²) in [6, 6.07) is 9.73. The second kappa shape index (κ2) is 7.27. The van der Waals surface area contributed by atoms with Crippen LogP contribution in [0.3, 0.4) is 0 Å². The summed E-state index contributed by atoms with van der Waals surface area (Å²) in [5.41, 5.74) is 6.45. The molecule has 0 fully saturated rings. The van der Waals surface area contributed by atoms with Crippen LogP contribution >= 0.6 is 0 Å². The fourth-order valence-electron chi connectivity index (χ4n) is 2.33. The zero-order valence-electron chi connectivity index (χ0n) is 14.0. The van der Waals surface area contributed by atoms with Crippen molar-refractivity contribution in [3.05, 3.63) is 60.1 Å². The number of nitrogens with two attached hydrogens (primary N) is 1. The van der Waals surface area contributed by atoms with E-state index in [-0.39, 0.29) is 17.8 Å². The van der Waals surface area contributed by atoms with Gasteiger partial charge in [0.1, 0.15) is 17.4 Å². The zero-order valence-corrected chi connectivity index (χ0v) is 14.0. The molecule has 0 unspecified atom stereocenters. The van der Waals surface area contributed by atoms with Crippen molar-refractivity contribution in [1.82, 2.24) is 19.9 Å². The first-order chi connectivity index (χ1) is 12.0. The fraction of sp³-hybridized carbons (Fsp3) is 0.235. The van der Waals surface area contributed by atoms with Crippen molar-refractivity contribution >= 4 is 17.6 Å². The first kappa shape index (κ1) is 16.8. The maximum absolute atomic E-state index is 13.0. The van der Waals surface area contributed by atoms with Crippen LogP contribution in [0.5, 0.6) is 0 Å². The summed E-state index contributed by atoms with van der Waals surface area (Å²) < 4.78 is 18.4. The van der Waals surface area contributed by atoms with Crippen LogP contribution < -0.4 is 11.1 Å². The molecule has 8 heteroatoms. The van der Waals surface area contributed by atoms with Crippen LogP contribution in [-0.2, 0) is 6.54 Å². The van der Waals surface area contributed by atoms with Crippen molar-refractivity contribution in [3.63, 3.8) is 0 Å². The minimum atomic E-state index is -0.310. The summed E-state index contributed by atoms with van der Waals surface area (Å²) >= 11 is 0. The second-order valence-corrected chi connectivity index (χ2v) is 5.67. The molecule has 25 heavy (non-hydrogen) atoms. The molecule has 3 aromatic rings. The molecule has 1 atom stereocenters. The third kappa shape index (κ3) is 4.30. The van der Waals surface area contributed by atoms with E-state index in [1.807, 2.05) is 31.0 Å². The van der Waals surface area contributed by atoms with Crippen LogP contribution in [0.1, 0.15) is 24.6 Å². The van der Waals surface area contributed by atoms with Gasteiger partial charge in [-0.15, -0.1) is 0 Å². The highest BCUT2D eigenvalue weighted by molar-refractivity contribution is 5.53. The Hall–Kier alpha value is -3.00. The van der Waals surface area contributed by atoms with E-state index in [4.69, 9.17) is 10.2 Å². The molecule has 0 spiro atoms. The number of benzene rings is 1. The molecule has 0 aliphatic rings. The Labute approximate surface area is 144 Å². The van der Waals surface area contributed by atoms with Gasteiger partial charge in [0.05, 0.1) is 18.8 Å². The Balaban J connectivity index is 1.73. The molecule has 0 radical (unpaired) electrons. The Morgan fingerprint density at radius 1 is 1.20 bits per heavy atom. The number of nitrogens with zero attached hydrogens (tertiary/aromatic N) is 4. The molecular weight excluding hydrogens is 323 g/mol. The van der Waals surface area contributed by atoms with Crippen LogP contribution in [-0.4, -0.2) is 26.9 Å². The van der Waals surface area contributed by atoms with E-state index in [1.165, 1.54) is 12.1 Å². The van der Waals surface area contributed by atoms with Gasteiger partial charge in [-0.2, -0.15) is 15.0 Å². The quantitative estimate of drug-likeness (QED) is 0.711. The topological polar surface area (TPSA) is 93.1 Å². The summed E-state index contributed by atoms with van der Waals surface area (Å²) in [4.78, 5) is 14.7. The molecule has 0 aliphatic carbocycles. The number of nitrogens with one attached hydrogen (secondary N) is 1. The van der Waals surface area contributed by atoms with Gasteiger partial charge >= 0.3 is 0 Å². The summed E-state index contributed by atoms with van der Waals surface area (Å²) in [6.45, 7) is 2.49. The average molecular weight is 342 g/mol. The Bertz CT molecular complexity index is 822. The molecule has 0 saturated heterocycles. The summed E-state index contributed by atoms with van der Waals surface area (Å²) in [5, 5.41) is 3.00. The number of aromatic nitrogens is 3. The van der Waals surface area contributed by atoms with E-state index in [0.717, 1.165) is 5.76 Å². The van der Waals surface area contributed by atoms with Gasteiger partial charge in [-0.25, -0.2) is 4.39 Å². The lowest BCUT2D eigenvalue weighted by molar-refractivity contribution is 0.218. The van der Waals surface area contributed by atoms with Gasteiger partial charge in [0.25, 0.3) is 0 Å². The van der Waals surface area contributed by atoms with E-state index < -0.39 is 0 Å². The van der Waals surface area contributed by atoms with Gasteiger partial charge in [0, 0.05) is 5.69 Å². The molecule has 130 valence electrons. The molecule has 0 bridgehead atoms. The number of hydrogen-bond donors (Lipinski definition) is 2. The van der Waals surface area contributed by atoms with E-state index in [1.54, 1.807) is 18.4 Å². The van der Waals surface area contributed by atoms with Crippen molar-refractivity contribution < 1.29 is 8.81 Å². The largest absolute Gasteiger partial charge is 0.468 e. The highest BCUT2D eigenvalue weighted by Gasteiger charge is 2.16. The molecule has 7 nitrogen and oxygen atoms in total. The minimum Gasteiger partial charge on any atom is -0.468 e. The van der Waals surface area contributed by atoms with Crippen molar-refractivity contribution in [2.45, 2.75) is 19.5 Å². The number of anilines is 3. The van der Waals surface area contributed by atoms with Crippen molar-refractivity contribution in [2.75, 3.05) is 18.1 Å². The van der Waals surface area contributed by atoms with E-state index >= 15 is 0 Å². The number of halogens is 1. The Morgan fingerprint density at radius 2 is 1.96 bits per heavy atom. The minimum absolute atomic E-state index is 0.0569. The molecular formula is C17H19FN6O. The Morgan fingerprint density at radius 3 is 2.64 bits per heavy atom. The van der Waals surface area contributed by atoms with Crippen LogP contribution in [0.2, 0.25) is 0 Å². The second-order valence-electron chi connectivity index (χ2n) is 5.67. The first-order valence-electron chi connectivity index (χ1n) is 7.78. The van der Waals surface area contributed by atoms with Crippen molar-refractivity contribution in [1.29, 1.82) is 0 Å². The standard InChI is InChI=1S/C17H19FN6O/c1-11(14-4-3-9-25-14)24(2)10-15-21-16(19)23-17(22-15)20-13-7-5-12(18)6-8-13/h3-9,11H,10H2,1-2H3,(H3,19,20,21,22,23)/t11-/m0/s1. The summed E-state index contributed by atoms with van der Waals surface area (Å²) in [5.74, 6) is 1.50. The SMILES string of the molecule is C[C@@H](c1ccco1)N(C)Cc1nc(N)nc(Nc2ccc(F)cc2)n1. The predicted molar refractivity (Wildman–Crippen MR) is 92.5 cm³/mol. The zero-order chi connectivity index (χ0) is 17.8. The lowest BCUT2D eigenvalue weighted by Gasteiger charge is -2.22. The molecule has 3 rings (SSSR count). The Kier molecular flexibility index (Phi) is 4.90. The maximum atomic E-state index is 13.0. The maximum Gasteiger partial charge on any atom is 0.232 e. The normalized spacial score (nSPS) is 12.3. The first-order valence-corrected chi connectivity index (χ1v) is 7.78. The molecule has 1 aromatic carbocycles. The van der Waals surface area contributed by atoms with Gasteiger partial charge < -0.3 is 15.5 Å². The van der Waals surface area contributed by atoms with Gasteiger partial charge in [-0.05, 0) is 50.4 Å². The van der Waals surface area contributed by atoms with Crippen LogP contribution in [0.15, 0.2) is 47.1 Å². The number of nitrogen functional groups attached to an aromatic ring is 1. The highest BCUT2D eigenvalue weighted by atomic mass is 19.1. The lowest BCUT2D eigenvalue weighted by Crippen LogP contribution is -2.23. The van der Waals surface area contributed by atoms with Gasteiger partial charge in [-0.3, -0.25) is 4.90 Å². The van der Waals surface area contributed by atoms with E-state index in [2.05, 4.69) is 20.3 Å². The predicted octanol–water partition coefficient (Wildman–Crippen LogP) is 3.12. The highest BCUT2D eigenvalue weighted by Crippen LogP contribution is 2.21. The van der Waals surface area contributed by atoms with Crippen molar-refractivity contribution in [3.8, 4) is 0 Å². The molecule has 2 aromatic heterocycles. The van der Waals surface area contributed by atoms with Gasteiger partial charge in [0.15, 0.2) is 0 Å². The third-order valence-electron chi connectivity index (χ3n) is 3.81. The van der Waals surface area contributed by atoms with Crippen LogP contribution in [0.25, 0.3) is 0 Å². The molecule has 3 N–H and O–H groups in total. The van der Waals surface area contributed by atoms with E-state index in [9.17, 15) is 4.39 Å². The smallest absolute Gasteiger partial charge is 0.232 e. The van der Waals surface area contributed by atoms with Gasteiger partial charge in [-0.1, -0.05) is 0 Å². The fourth-order valence-corrected chi connectivity index (χ4v) is 2.33. The van der Waals surface area contributed by atoms with Crippen molar-refractivity contribution in [2.24, 2.45) is 0 Å². The molecule has 2 heterocycles. The summed E-state index contributed by atoms with van der Waals surface area (Å²) in [7, 11) is 1.94. The van der Waals surface area contributed by atoms with E-state index in [0.29, 0.717) is 24.0 Å². The summed E-state index contributed by atoms with van der Waals surface area (Å²) in [6.07, 6.45) is 1.64. The average Bonchev–Trinajstić information content (AvgIpc) is 3.10. The molecule has 0 amide bonds. The molecule has 0 saturated carbocycles. The molecule has 0 aliphatic heterocycles. The van der Waals surface area contributed by atoms with Crippen LogP contribution in [0, 0.1) is 5.82 Å². The number of rotatable bonds is 6. The third-order valence-corrected chi connectivity index (χ3v) is 3.81. The van der Waals surface area contributed by atoms with Gasteiger partial charge in [0.2, 0.25) is 11.9 Å². The monoisotopic (exact) mass is 342 g/mol. The van der Waals surface area contributed by atoms with Crippen LogP contribution in [0.4, 0.5) is 22.0 Å². The number of hydrogen-bond acceptors (Lipinski definition) is 7. The number of furan rings is 1. The lowest BCUT2D eigenvalue weighted by atomic mass is 10.2.